The van der Waals surface area contributed by atoms with Crippen molar-refractivity contribution in [2.75, 3.05) is 11.6 Å². The Labute approximate surface area is 95.4 Å². The van der Waals surface area contributed by atoms with Gasteiger partial charge in [0.25, 0.3) is 0 Å². The van der Waals surface area contributed by atoms with Crippen molar-refractivity contribution in [2.24, 2.45) is 5.92 Å². The van der Waals surface area contributed by atoms with E-state index in [1.807, 2.05) is 6.92 Å². The van der Waals surface area contributed by atoms with Crippen molar-refractivity contribution in [3.63, 3.8) is 0 Å². The highest BCUT2D eigenvalue weighted by Crippen LogP contribution is 2.15. The summed E-state index contributed by atoms with van der Waals surface area (Å²) in [6.45, 7) is 3.55. The maximum atomic E-state index is 11.9. The predicted octanol–water partition coefficient (Wildman–Crippen LogP) is 2.04. The molecule has 1 aromatic heterocycles. The molecule has 0 aliphatic rings. The second-order valence-electron chi connectivity index (χ2n) is 3.67. The molecule has 1 rings (SSSR count). The highest BCUT2D eigenvalue weighted by atomic mass is 35.5. The van der Waals surface area contributed by atoms with E-state index in [9.17, 15) is 8.42 Å². The van der Waals surface area contributed by atoms with E-state index < -0.39 is 9.84 Å². The number of aryl methyl sites for hydroxylation is 1. The number of aromatic nitrogens is 1. The van der Waals surface area contributed by atoms with Crippen LogP contribution in [0.3, 0.4) is 0 Å². The molecule has 0 saturated heterocycles. The van der Waals surface area contributed by atoms with Crippen LogP contribution < -0.4 is 0 Å². The van der Waals surface area contributed by atoms with Gasteiger partial charge < -0.3 is 0 Å². The predicted molar refractivity (Wildman–Crippen MR) is 60.9 cm³/mol. The highest BCUT2D eigenvalue weighted by molar-refractivity contribution is 7.91. The van der Waals surface area contributed by atoms with Gasteiger partial charge in [0.05, 0.1) is 5.75 Å². The molecule has 0 saturated carbocycles. The first-order valence-electron chi connectivity index (χ1n) is 4.67. The summed E-state index contributed by atoms with van der Waals surface area (Å²) < 4.78 is 23.8. The number of pyridine rings is 1. The third-order valence-electron chi connectivity index (χ3n) is 2.02. The van der Waals surface area contributed by atoms with Gasteiger partial charge >= 0.3 is 0 Å². The molecule has 0 N–H and O–H groups in total. The fraction of sp³-hybridized carbons (Fsp3) is 0.500. The molecule has 1 aromatic rings. The molecular formula is C10H14ClNO2S. The van der Waals surface area contributed by atoms with Gasteiger partial charge in [-0.05, 0) is 24.5 Å². The topological polar surface area (TPSA) is 47.0 Å². The number of alkyl halides is 1. The number of rotatable bonds is 4. The molecule has 0 amide bonds. The van der Waals surface area contributed by atoms with Gasteiger partial charge in [0.15, 0.2) is 14.9 Å². The van der Waals surface area contributed by atoms with Gasteiger partial charge in [-0.2, -0.15) is 0 Å². The van der Waals surface area contributed by atoms with E-state index in [-0.39, 0.29) is 16.7 Å². The minimum absolute atomic E-state index is 0.0500. The molecule has 1 unspecified atom stereocenters. The van der Waals surface area contributed by atoms with Crippen LogP contribution >= 0.6 is 11.6 Å². The first-order chi connectivity index (χ1) is 6.97. The summed E-state index contributed by atoms with van der Waals surface area (Å²) in [6.07, 6.45) is 1.49. The highest BCUT2D eigenvalue weighted by Gasteiger charge is 2.20. The summed E-state index contributed by atoms with van der Waals surface area (Å²) in [5, 5.41) is 0.168. The molecular weight excluding hydrogens is 234 g/mol. The smallest absolute Gasteiger partial charge is 0.196 e. The minimum atomic E-state index is -3.30. The van der Waals surface area contributed by atoms with Gasteiger partial charge in [-0.1, -0.05) is 13.0 Å². The van der Waals surface area contributed by atoms with Gasteiger partial charge in [-0.3, -0.25) is 0 Å². The Kier molecular flexibility index (Phi) is 4.11. The fourth-order valence-electron chi connectivity index (χ4n) is 1.29. The molecule has 0 bridgehead atoms. The Morgan fingerprint density at radius 1 is 1.53 bits per heavy atom. The lowest BCUT2D eigenvalue weighted by Crippen LogP contribution is -2.17. The number of sulfone groups is 1. The van der Waals surface area contributed by atoms with E-state index in [1.165, 1.54) is 6.20 Å². The Morgan fingerprint density at radius 2 is 2.20 bits per heavy atom. The standard InChI is InChI=1S/C10H14ClNO2S/c1-8(6-11)7-15(13,14)10-9(2)4-3-5-12-10/h3-5,8H,6-7H2,1-2H3. The lowest BCUT2D eigenvalue weighted by molar-refractivity contribution is 0.578. The maximum Gasteiger partial charge on any atom is 0.196 e. The third kappa shape index (κ3) is 3.18. The van der Waals surface area contributed by atoms with E-state index in [2.05, 4.69) is 4.98 Å². The average Bonchev–Trinajstić information content (AvgIpc) is 2.17. The summed E-state index contributed by atoms with van der Waals surface area (Å²) in [6, 6.07) is 3.46. The summed E-state index contributed by atoms with van der Waals surface area (Å²) in [5.74, 6) is 0.331. The Hall–Kier alpha value is -0.610. The summed E-state index contributed by atoms with van der Waals surface area (Å²) in [7, 11) is -3.30. The second kappa shape index (κ2) is 4.94. The number of hydrogen-bond acceptors (Lipinski definition) is 3. The Balaban J connectivity index is 3.02. The van der Waals surface area contributed by atoms with Crippen molar-refractivity contribution in [1.82, 2.24) is 4.98 Å². The number of halogens is 1. The van der Waals surface area contributed by atoms with Crippen LogP contribution in [-0.4, -0.2) is 25.0 Å². The Bertz CT molecular complexity index is 431. The lowest BCUT2D eigenvalue weighted by Gasteiger charge is -2.09. The average molecular weight is 248 g/mol. The zero-order chi connectivity index (χ0) is 11.5. The van der Waals surface area contributed by atoms with Crippen LogP contribution in [0.4, 0.5) is 0 Å². The van der Waals surface area contributed by atoms with Crippen LogP contribution in [0.15, 0.2) is 23.4 Å². The Morgan fingerprint density at radius 3 is 2.73 bits per heavy atom. The van der Waals surface area contributed by atoms with E-state index in [0.717, 1.165) is 0 Å². The maximum absolute atomic E-state index is 11.9. The van der Waals surface area contributed by atoms with Gasteiger partial charge in [0, 0.05) is 12.1 Å². The molecule has 0 aliphatic heterocycles. The van der Waals surface area contributed by atoms with Gasteiger partial charge in [-0.25, -0.2) is 13.4 Å². The van der Waals surface area contributed by atoms with Crippen LogP contribution in [-0.2, 0) is 9.84 Å². The molecule has 0 radical (unpaired) electrons. The van der Waals surface area contributed by atoms with Crippen molar-refractivity contribution >= 4 is 21.4 Å². The second-order valence-corrected chi connectivity index (χ2v) is 5.92. The molecule has 1 atom stereocenters. The van der Waals surface area contributed by atoms with Crippen LogP contribution in [0.25, 0.3) is 0 Å². The summed E-state index contributed by atoms with van der Waals surface area (Å²) >= 11 is 5.60. The van der Waals surface area contributed by atoms with Crippen molar-refractivity contribution < 1.29 is 8.42 Å². The van der Waals surface area contributed by atoms with Crippen molar-refractivity contribution in [3.8, 4) is 0 Å². The van der Waals surface area contributed by atoms with Crippen LogP contribution in [0.1, 0.15) is 12.5 Å². The molecule has 3 nitrogen and oxygen atoms in total. The monoisotopic (exact) mass is 247 g/mol. The van der Waals surface area contributed by atoms with E-state index in [4.69, 9.17) is 11.6 Å². The number of hydrogen-bond donors (Lipinski definition) is 0. The molecule has 5 heteroatoms. The van der Waals surface area contributed by atoms with E-state index >= 15 is 0 Å². The summed E-state index contributed by atoms with van der Waals surface area (Å²) in [5.41, 5.74) is 0.680. The summed E-state index contributed by atoms with van der Waals surface area (Å²) in [4.78, 5) is 3.91. The van der Waals surface area contributed by atoms with Gasteiger partial charge in [-0.15, -0.1) is 11.6 Å². The first-order valence-corrected chi connectivity index (χ1v) is 6.86. The molecule has 15 heavy (non-hydrogen) atoms. The molecule has 84 valence electrons. The zero-order valence-corrected chi connectivity index (χ0v) is 10.3. The molecule has 0 aliphatic carbocycles. The SMILES string of the molecule is Cc1cccnc1S(=O)(=O)CC(C)CCl. The van der Waals surface area contributed by atoms with Crippen molar-refractivity contribution in [2.45, 2.75) is 18.9 Å². The first kappa shape index (κ1) is 12.5. The largest absolute Gasteiger partial charge is 0.244 e. The van der Waals surface area contributed by atoms with E-state index in [1.54, 1.807) is 19.1 Å². The minimum Gasteiger partial charge on any atom is -0.244 e. The molecule has 0 spiro atoms. The van der Waals surface area contributed by atoms with Gasteiger partial charge in [0.1, 0.15) is 0 Å². The quantitative estimate of drug-likeness (QED) is 0.765. The fourth-order valence-corrected chi connectivity index (χ4v) is 3.34. The number of nitrogens with zero attached hydrogens (tertiary/aromatic N) is 1. The normalized spacial score (nSPS) is 13.8. The van der Waals surface area contributed by atoms with Gasteiger partial charge in [0.2, 0.25) is 0 Å². The lowest BCUT2D eigenvalue weighted by atomic mass is 10.3. The zero-order valence-electron chi connectivity index (χ0n) is 8.77. The van der Waals surface area contributed by atoms with Crippen LogP contribution in [0.5, 0.6) is 0 Å². The van der Waals surface area contributed by atoms with Crippen LogP contribution in [0.2, 0.25) is 0 Å². The van der Waals surface area contributed by atoms with E-state index in [0.29, 0.717) is 11.4 Å². The van der Waals surface area contributed by atoms with Crippen LogP contribution in [0, 0.1) is 12.8 Å². The molecule has 1 heterocycles. The molecule has 0 fully saturated rings. The third-order valence-corrected chi connectivity index (χ3v) is 4.57. The molecule has 0 aromatic carbocycles. The van der Waals surface area contributed by atoms with Crippen molar-refractivity contribution in [1.29, 1.82) is 0 Å². The van der Waals surface area contributed by atoms with Crippen molar-refractivity contribution in [3.05, 3.63) is 23.9 Å².